The third-order valence-corrected chi connectivity index (χ3v) is 2.65. The highest BCUT2D eigenvalue weighted by Gasteiger charge is 2.02. The van der Waals surface area contributed by atoms with Crippen molar-refractivity contribution in [3.8, 4) is 17.3 Å². The number of nitrogens with zero attached hydrogens (tertiary/aromatic N) is 4. The molecule has 0 saturated carbocycles. The van der Waals surface area contributed by atoms with Gasteiger partial charge in [0.15, 0.2) is 0 Å². The van der Waals surface area contributed by atoms with E-state index >= 15 is 0 Å². The first-order chi connectivity index (χ1) is 8.83. The lowest BCUT2D eigenvalue weighted by molar-refractivity contribution is 0.653. The van der Waals surface area contributed by atoms with E-state index < -0.39 is 0 Å². The molecule has 0 saturated heterocycles. The van der Waals surface area contributed by atoms with Crippen LogP contribution in [0.25, 0.3) is 11.3 Å². The minimum atomic E-state index is 0.575. The lowest BCUT2D eigenvalue weighted by Crippen LogP contribution is -1.93. The molecule has 0 spiro atoms. The molecule has 0 aromatic carbocycles. The van der Waals surface area contributed by atoms with Crippen LogP contribution in [0.15, 0.2) is 30.9 Å². The number of pyridine rings is 1. The van der Waals surface area contributed by atoms with Gasteiger partial charge < -0.3 is 9.88 Å². The van der Waals surface area contributed by atoms with Gasteiger partial charge in [-0.25, -0.2) is 9.97 Å². The monoisotopic (exact) mass is 241 g/mol. The largest absolute Gasteiger partial charge is 0.373 e. The fourth-order valence-corrected chi connectivity index (χ4v) is 1.67. The quantitative estimate of drug-likeness (QED) is 0.815. The number of anilines is 1. The lowest BCUT2D eigenvalue weighted by Gasteiger charge is -2.00. The number of aromatic nitrogens is 3. The number of nitrogens with one attached hydrogen (secondary N) is 1. The van der Waals surface area contributed by atoms with Gasteiger partial charge in [-0.2, -0.15) is 5.26 Å². The Hall–Kier alpha value is -2.35. The van der Waals surface area contributed by atoms with E-state index in [1.54, 1.807) is 12.5 Å². The second-order valence-electron chi connectivity index (χ2n) is 3.94. The van der Waals surface area contributed by atoms with E-state index in [2.05, 4.69) is 21.4 Å². The molecule has 0 fully saturated rings. The van der Waals surface area contributed by atoms with Gasteiger partial charge >= 0.3 is 0 Å². The molecule has 0 aliphatic heterocycles. The fraction of sp³-hybridized carbons (Fsp3) is 0.308. The molecule has 92 valence electrons. The molecule has 0 amide bonds. The highest BCUT2D eigenvalue weighted by Crippen LogP contribution is 2.17. The Bertz CT molecular complexity index is 535. The van der Waals surface area contributed by atoms with Gasteiger partial charge in [0, 0.05) is 38.0 Å². The van der Waals surface area contributed by atoms with E-state index in [0.29, 0.717) is 6.42 Å². The number of nitriles is 1. The molecule has 2 aromatic heterocycles. The molecule has 0 aliphatic carbocycles. The minimum Gasteiger partial charge on any atom is -0.373 e. The molecule has 18 heavy (non-hydrogen) atoms. The summed E-state index contributed by atoms with van der Waals surface area (Å²) in [6, 6.07) is 6.05. The molecule has 1 N–H and O–H groups in total. The zero-order valence-electron chi connectivity index (χ0n) is 10.3. The maximum atomic E-state index is 8.49. The van der Waals surface area contributed by atoms with E-state index in [4.69, 9.17) is 5.26 Å². The van der Waals surface area contributed by atoms with Crippen molar-refractivity contribution in [1.82, 2.24) is 14.5 Å². The van der Waals surface area contributed by atoms with Gasteiger partial charge in [-0.15, -0.1) is 0 Å². The smallest absolute Gasteiger partial charge is 0.125 e. The highest BCUT2D eigenvalue weighted by molar-refractivity contribution is 5.58. The van der Waals surface area contributed by atoms with Crippen LogP contribution in [0.1, 0.15) is 12.8 Å². The van der Waals surface area contributed by atoms with E-state index in [9.17, 15) is 0 Å². The first-order valence-electron chi connectivity index (χ1n) is 5.86. The maximum absolute atomic E-state index is 8.49. The summed E-state index contributed by atoms with van der Waals surface area (Å²) in [4.78, 5) is 8.60. The number of hydrogen-bond acceptors (Lipinski definition) is 4. The van der Waals surface area contributed by atoms with E-state index in [-0.39, 0.29) is 0 Å². The zero-order chi connectivity index (χ0) is 12.8. The average molecular weight is 241 g/mol. The summed E-state index contributed by atoms with van der Waals surface area (Å²) in [5.41, 5.74) is 1.90. The fourth-order valence-electron chi connectivity index (χ4n) is 1.67. The first-order valence-corrected chi connectivity index (χ1v) is 5.86. The SMILES string of the molecule is CNc1ccc(-c2cn(CCCC#N)cn2)cn1. The molecule has 5 nitrogen and oxygen atoms in total. The summed E-state index contributed by atoms with van der Waals surface area (Å²) >= 11 is 0. The maximum Gasteiger partial charge on any atom is 0.125 e. The summed E-state index contributed by atoms with van der Waals surface area (Å²) in [5.74, 6) is 0.840. The molecular formula is C13H15N5. The molecule has 0 unspecified atom stereocenters. The number of imidazole rings is 1. The summed E-state index contributed by atoms with van der Waals surface area (Å²) in [7, 11) is 1.84. The third kappa shape index (κ3) is 2.86. The molecule has 0 atom stereocenters. The molecular weight excluding hydrogens is 226 g/mol. The van der Waals surface area contributed by atoms with Gasteiger partial charge in [0.25, 0.3) is 0 Å². The van der Waals surface area contributed by atoms with E-state index in [1.165, 1.54) is 0 Å². The summed E-state index contributed by atoms with van der Waals surface area (Å²) in [5, 5.41) is 11.5. The van der Waals surface area contributed by atoms with Crippen LogP contribution in [-0.2, 0) is 6.54 Å². The van der Waals surface area contributed by atoms with Gasteiger partial charge in [0.2, 0.25) is 0 Å². The van der Waals surface area contributed by atoms with Crippen LogP contribution in [0.5, 0.6) is 0 Å². The number of unbranched alkanes of at least 4 members (excludes halogenated alkanes) is 1. The molecule has 2 aromatic rings. The van der Waals surface area contributed by atoms with Crippen molar-refractivity contribution in [3.63, 3.8) is 0 Å². The van der Waals surface area contributed by atoms with Crippen LogP contribution in [-0.4, -0.2) is 21.6 Å². The Morgan fingerprint density at radius 3 is 2.94 bits per heavy atom. The van der Waals surface area contributed by atoms with Gasteiger partial charge in [-0.1, -0.05) is 0 Å². The van der Waals surface area contributed by atoms with Crippen molar-refractivity contribution in [2.24, 2.45) is 0 Å². The predicted octanol–water partition coefficient (Wildman–Crippen LogP) is 2.29. The minimum absolute atomic E-state index is 0.575. The highest BCUT2D eigenvalue weighted by atomic mass is 15.0. The number of rotatable bonds is 5. The van der Waals surface area contributed by atoms with Crippen LogP contribution in [0.4, 0.5) is 5.82 Å². The van der Waals surface area contributed by atoms with Crippen LogP contribution >= 0.6 is 0 Å². The number of aryl methyl sites for hydroxylation is 1. The molecule has 0 aliphatic rings. The Morgan fingerprint density at radius 1 is 1.39 bits per heavy atom. The molecule has 5 heteroatoms. The van der Waals surface area contributed by atoms with Crippen molar-refractivity contribution >= 4 is 5.82 Å². The molecule has 2 rings (SSSR count). The van der Waals surface area contributed by atoms with Gasteiger partial charge in [0.1, 0.15) is 5.82 Å². The van der Waals surface area contributed by atoms with Gasteiger partial charge in [-0.3, -0.25) is 0 Å². The second-order valence-corrected chi connectivity index (χ2v) is 3.94. The lowest BCUT2D eigenvalue weighted by atomic mass is 10.2. The summed E-state index contributed by atoms with van der Waals surface area (Å²) < 4.78 is 2.00. The van der Waals surface area contributed by atoms with Crippen LogP contribution in [0.2, 0.25) is 0 Å². The van der Waals surface area contributed by atoms with Crippen LogP contribution < -0.4 is 5.32 Å². The van der Waals surface area contributed by atoms with E-state index in [1.807, 2.05) is 29.9 Å². The predicted molar refractivity (Wildman–Crippen MR) is 69.9 cm³/mol. The summed E-state index contributed by atoms with van der Waals surface area (Å²) in [6.07, 6.45) is 7.00. The second kappa shape index (κ2) is 5.82. The standard InChI is InChI=1S/C13H15N5/c1-15-13-5-4-11(8-16-13)12-9-18(10-17-12)7-3-2-6-14/h4-5,8-10H,2-3,7H2,1H3,(H,15,16). The van der Waals surface area contributed by atoms with Crippen molar-refractivity contribution in [2.45, 2.75) is 19.4 Å². The first kappa shape index (κ1) is 12.1. The topological polar surface area (TPSA) is 66.5 Å². The molecule has 2 heterocycles. The average Bonchev–Trinajstić information content (AvgIpc) is 2.88. The van der Waals surface area contributed by atoms with Crippen molar-refractivity contribution < 1.29 is 0 Å². The van der Waals surface area contributed by atoms with Crippen molar-refractivity contribution in [2.75, 3.05) is 12.4 Å². The van der Waals surface area contributed by atoms with Crippen LogP contribution in [0, 0.1) is 11.3 Å². The van der Waals surface area contributed by atoms with E-state index in [0.717, 1.165) is 30.0 Å². The van der Waals surface area contributed by atoms with Crippen molar-refractivity contribution in [1.29, 1.82) is 5.26 Å². The van der Waals surface area contributed by atoms with Gasteiger partial charge in [0.05, 0.1) is 18.1 Å². The zero-order valence-corrected chi connectivity index (χ0v) is 10.3. The molecule has 0 radical (unpaired) electrons. The normalized spacial score (nSPS) is 10.0. The molecule has 0 bridgehead atoms. The Kier molecular flexibility index (Phi) is 3.92. The number of hydrogen-bond donors (Lipinski definition) is 1. The third-order valence-electron chi connectivity index (χ3n) is 2.65. The van der Waals surface area contributed by atoms with Gasteiger partial charge in [-0.05, 0) is 18.6 Å². The van der Waals surface area contributed by atoms with Crippen molar-refractivity contribution in [3.05, 3.63) is 30.9 Å². The Labute approximate surface area is 106 Å². The van der Waals surface area contributed by atoms with Crippen LogP contribution in [0.3, 0.4) is 0 Å². The Morgan fingerprint density at radius 2 is 2.28 bits per heavy atom. The Balaban J connectivity index is 2.06. The summed E-state index contributed by atoms with van der Waals surface area (Å²) in [6.45, 7) is 0.822.